The molecule has 2 N–H and O–H groups in total. The molecule has 13 heteroatoms. The molecule has 0 fully saturated rings. The number of halogens is 8. The molecule has 0 saturated carbocycles. The first-order valence-corrected chi connectivity index (χ1v) is 18.4. The van der Waals surface area contributed by atoms with Crippen LogP contribution in [-0.4, -0.2) is 33.6 Å². The fourth-order valence-electron chi connectivity index (χ4n) is 6.69. The molecular weight excluding hydrogens is 721 g/mol. The summed E-state index contributed by atoms with van der Waals surface area (Å²) >= 11 is 0. The highest BCUT2D eigenvalue weighted by Crippen LogP contribution is 2.44. The average molecular weight is 757 g/mol. The first kappa shape index (κ1) is 39.0. The van der Waals surface area contributed by atoms with E-state index in [1.54, 1.807) is 23.5 Å². The van der Waals surface area contributed by atoms with Gasteiger partial charge in [-0.15, -0.1) is 0 Å². The summed E-state index contributed by atoms with van der Waals surface area (Å²) in [5, 5.41) is 5.14. The summed E-state index contributed by atoms with van der Waals surface area (Å²) in [6.07, 6.45) is -9.91. The zero-order chi connectivity index (χ0) is 38.7. The molecule has 5 rings (SSSR count). The number of benzene rings is 5. The van der Waals surface area contributed by atoms with E-state index in [9.17, 15) is 35.5 Å². The largest absolute Gasteiger partial charge is 0.534 e. The molecule has 278 valence electrons. The van der Waals surface area contributed by atoms with E-state index in [-0.39, 0.29) is 22.4 Å². The van der Waals surface area contributed by atoms with E-state index in [0.717, 1.165) is 28.6 Å². The van der Waals surface area contributed by atoms with Crippen LogP contribution < -0.4 is 25.4 Å². The molecule has 1 unspecified atom stereocenters. The Kier molecular flexibility index (Phi) is 11.1. The lowest BCUT2D eigenvalue weighted by molar-refractivity contribution is -0.140. The molecule has 5 aromatic rings. The van der Waals surface area contributed by atoms with Gasteiger partial charge in [-0.2, -0.15) is 26.3 Å². The van der Waals surface area contributed by atoms with Gasteiger partial charge in [-0.1, -0.05) is 118 Å². The van der Waals surface area contributed by atoms with Crippen molar-refractivity contribution >= 4 is 24.7 Å². The Morgan fingerprint density at radius 2 is 1.15 bits per heavy atom. The van der Waals surface area contributed by atoms with Crippen LogP contribution in [0.5, 0.6) is 5.75 Å². The highest BCUT2D eigenvalue weighted by molar-refractivity contribution is 7.00. The highest BCUT2D eigenvalue weighted by atomic mass is 28.4. The number of hydrogen-bond acceptors (Lipinski definition) is 2. The Morgan fingerprint density at radius 1 is 0.623 bits per heavy atom. The van der Waals surface area contributed by atoms with Crippen LogP contribution in [0.25, 0.3) is 0 Å². The van der Waals surface area contributed by atoms with Crippen LogP contribution in [-0.2, 0) is 11.6 Å². The van der Waals surface area contributed by atoms with Gasteiger partial charge in [0.15, 0.2) is 0 Å². The van der Waals surface area contributed by atoms with E-state index < -0.39 is 67.4 Å². The van der Waals surface area contributed by atoms with Crippen LogP contribution in [0.1, 0.15) is 43.0 Å². The minimum atomic E-state index is -5.15. The maximum absolute atomic E-state index is 16.1. The number of alkyl halides is 6. The van der Waals surface area contributed by atoms with E-state index in [4.69, 9.17) is 4.43 Å². The monoisotopic (exact) mass is 756 g/mol. The zero-order valence-corrected chi connectivity index (χ0v) is 29.9. The lowest BCUT2D eigenvalue weighted by atomic mass is 9.69. The highest BCUT2D eigenvalue weighted by Gasteiger charge is 2.52. The molecule has 4 nitrogen and oxygen atoms in total. The predicted molar refractivity (Wildman–Crippen MR) is 190 cm³/mol. The van der Waals surface area contributed by atoms with Gasteiger partial charge < -0.3 is 15.1 Å². The molecule has 0 bridgehead atoms. The Balaban J connectivity index is 1.79. The zero-order valence-electron chi connectivity index (χ0n) is 28.9. The Bertz CT molecular complexity index is 1980. The quantitative estimate of drug-likeness (QED) is 0.0849. The van der Waals surface area contributed by atoms with Gasteiger partial charge in [-0.25, -0.2) is 13.6 Å². The maximum atomic E-state index is 16.1. The minimum Gasteiger partial charge on any atom is -0.534 e. The first-order valence-electron chi connectivity index (χ1n) is 16.5. The molecule has 0 aliphatic carbocycles. The van der Waals surface area contributed by atoms with Gasteiger partial charge in [0, 0.05) is 12.6 Å². The molecule has 0 heterocycles. The summed E-state index contributed by atoms with van der Waals surface area (Å²) < 4.78 is 120. The summed E-state index contributed by atoms with van der Waals surface area (Å²) in [6, 6.07) is 31.1. The standard InChI is InChI=1S/C40H36F8N2O2Si/c1-37(2,3)53(32-15-9-5-10-16-32,33-17-11-6-12-18-33)52-31-22-29(21-30(41)24-31)38(27-13-7-4-8-14-27,25-49-36(51)50-26-39(43,44)45)28-19-20-35(42)34(23-28)40(46,47)48/h4-24H,25-26H2,1-3H3,(H2,49,50,51). The van der Waals surface area contributed by atoms with Crippen molar-refractivity contribution in [2.45, 2.75) is 43.6 Å². The average Bonchev–Trinajstić information content (AvgIpc) is 3.10. The summed E-state index contributed by atoms with van der Waals surface area (Å²) in [5.74, 6) is -2.42. The smallest absolute Gasteiger partial charge is 0.419 e. The van der Waals surface area contributed by atoms with Crippen molar-refractivity contribution in [1.82, 2.24) is 10.6 Å². The van der Waals surface area contributed by atoms with Crippen molar-refractivity contribution in [3.8, 4) is 5.75 Å². The second-order valence-corrected chi connectivity index (χ2v) is 17.8. The molecule has 0 radical (unpaired) electrons. The van der Waals surface area contributed by atoms with Gasteiger partial charge in [0.2, 0.25) is 0 Å². The van der Waals surface area contributed by atoms with E-state index >= 15 is 4.39 Å². The summed E-state index contributed by atoms with van der Waals surface area (Å²) in [6.45, 7) is 3.62. The topological polar surface area (TPSA) is 50.4 Å². The number of urea groups is 1. The number of carbonyl (C=O) groups excluding carboxylic acids is 1. The maximum Gasteiger partial charge on any atom is 0.419 e. The number of hydrogen-bond donors (Lipinski definition) is 2. The lowest BCUT2D eigenvalue weighted by Gasteiger charge is -2.43. The van der Waals surface area contributed by atoms with Crippen molar-refractivity contribution in [3.05, 3.63) is 161 Å². The van der Waals surface area contributed by atoms with Crippen LogP contribution in [0, 0.1) is 11.6 Å². The van der Waals surface area contributed by atoms with Crippen molar-refractivity contribution in [3.63, 3.8) is 0 Å². The van der Waals surface area contributed by atoms with E-state index in [1.165, 1.54) is 18.2 Å². The predicted octanol–water partition coefficient (Wildman–Crippen LogP) is 9.12. The molecule has 0 spiro atoms. The van der Waals surface area contributed by atoms with Gasteiger partial charge in [-0.05, 0) is 56.4 Å². The molecule has 5 aromatic carbocycles. The third kappa shape index (κ3) is 8.40. The SMILES string of the molecule is CC(C)(C)[Si](Oc1cc(F)cc(C(CNC(=O)NCC(F)(F)F)(c2ccccc2)c2ccc(F)c(C(F)(F)F)c2)c1)(c1ccccc1)c1ccccc1. The number of nitrogens with one attached hydrogen (secondary N) is 2. The van der Waals surface area contributed by atoms with E-state index in [1.807, 2.05) is 81.4 Å². The molecule has 53 heavy (non-hydrogen) atoms. The fraction of sp³-hybridized carbons (Fsp3) is 0.225. The van der Waals surface area contributed by atoms with Gasteiger partial charge >= 0.3 is 26.7 Å². The lowest BCUT2D eigenvalue weighted by Crippen LogP contribution is -2.68. The summed E-state index contributed by atoms with van der Waals surface area (Å²) in [4.78, 5) is 12.8. The summed E-state index contributed by atoms with van der Waals surface area (Å²) in [7, 11) is -3.41. The number of amides is 2. The Hall–Kier alpha value is -5.17. The van der Waals surface area contributed by atoms with Crippen LogP contribution in [0.3, 0.4) is 0 Å². The molecule has 0 aromatic heterocycles. The van der Waals surface area contributed by atoms with E-state index in [0.29, 0.717) is 12.1 Å². The van der Waals surface area contributed by atoms with Gasteiger partial charge in [0.05, 0.1) is 11.0 Å². The van der Waals surface area contributed by atoms with Gasteiger partial charge in [0.25, 0.3) is 0 Å². The fourth-order valence-corrected chi connectivity index (χ4v) is 11.1. The van der Waals surface area contributed by atoms with Crippen LogP contribution in [0.4, 0.5) is 39.9 Å². The normalized spacial score (nSPS) is 13.6. The molecule has 0 saturated heterocycles. The third-order valence-electron chi connectivity index (χ3n) is 9.05. The van der Waals surface area contributed by atoms with E-state index in [2.05, 4.69) is 5.32 Å². The van der Waals surface area contributed by atoms with Crippen LogP contribution >= 0.6 is 0 Å². The molecule has 2 amide bonds. The Morgan fingerprint density at radius 3 is 1.66 bits per heavy atom. The minimum absolute atomic E-state index is 0.00860. The van der Waals surface area contributed by atoms with Gasteiger partial charge in [-0.3, -0.25) is 0 Å². The van der Waals surface area contributed by atoms with Crippen molar-refractivity contribution in [2.75, 3.05) is 13.1 Å². The van der Waals surface area contributed by atoms with Crippen molar-refractivity contribution in [1.29, 1.82) is 0 Å². The molecule has 0 aliphatic heterocycles. The third-order valence-corrected chi connectivity index (χ3v) is 14.0. The molecule has 0 aliphatic rings. The number of carbonyl (C=O) groups is 1. The molecular formula is C40H36F8N2O2Si. The second-order valence-electron chi connectivity index (χ2n) is 13.6. The van der Waals surface area contributed by atoms with Crippen molar-refractivity contribution < 1.29 is 44.3 Å². The van der Waals surface area contributed by atoms with Gasteiger partial charge in [0.1, 0.15) is 23.9 Å². The van der Waals surface area contributed by atoms with Crippen LogP contribution in [0.15, 0.2) is 127 Å². The first-order chi connectivity index (χ1) is 24.9. The Labute approximate surface area is 303 Å². The number of rotatable bonds is 10. The summed E-state index contributed by atoms with van der Waals surface area (Å²) in [5.41, 5.74) is -3.59. The van der Waals surface area contributed by atoms with Crippen LogP contribution in [0.2, 0.25) is 5.04 Å². The second kappa shape index (κ2) is 15.1. The molecule has 1 atom stereocenters. The van der Waals surface area contributed by atoms with Crippen molar-refractivity contribution in [2.24, 2.45) is 0 Å².